The average molecular weight is 180 g/mol. The molecule has 0 saturated carbocycles. The van der Waals surface area contributed by atoms with Crippen molar-refractivity contribution in [2.75, 3.05) is 7.05 Å². The number of rotatable bonds is 0. The van der Waals surface area contributed by atoms with Crippen LogP contribution in [0.3, 0.4) is 0 Å². The van der Waals surface area contributed by atoms with E-state index in [-0.39, 0.29) is 5.82 Å². The van der Waals surface area contributed by atoms with Gasteiger partial charge in [0.25, 0.3) is 0 Å². The smallest absolute Gasteiger partial charge is 0.333 e. The zero-order valence-corrected chi connectivity index (χ0v) is 7.33. The van der Waals surface area contributed by atoms with Gasteiger partial charge in [-0.3, -0.25) is 0 Å². The monoisotopic (exact) mass is 180 g/mol. The van der Waals surface area contributed by atoms with E-state index in [1.807, 2.05) is 6.07 Å². The molecule has 0 unspecified atom stereocenters. The van der Waals surface area contributed by atoms with Crippen LogP contribution in [0, 0.1) is 5.82 Å². The minimum Gasteiger partial charge on any atom is -0.333 e. The Morgan fingerprint density at radius 2 is 2.00 bits per heavy atom. The normalized spacial score (nSPS) is 9.15. The first-order valence-corrected chi connectivity index (χ1v) is 3.90. The molecule has 0 radical (unpaired) electrons. The second-order valence-electron chi connectivity index (χ2n) is 2.30. The molecule has 2 aromatic rings. The van der Waals surface area contributed by atoms with Gasteiger partial charge in [0, 0.05) is 12.1 Å². The summed E-state index contributed by atoms with van der Waals surface area (Å²) in [5.41, 5.74) is 5.20. The molecule has 2 rings (SSSR count). The SMILES string of the molecule is CN.Fc1ccc2[o+]cccc2c1. The van der Waals surface area contributed by atoms with Crippen molar-refractivity contribution in [3.8, 4) is 0 Å². The van der Waals surface area contributed by atoms with Crippen molar-refractivity contribution in [3.05, 3.63) is 42.4 Å². The summed E-state index contributed by atoms with van der Waals surface area (Å²) in [6.07, 6.45) is 1.57. The van der Waals surface area contributed by atoms with Gasteiger partial charge >= 0.3 is 11.8 Å². The summed E-state index contributed by atoms with van der Waals surface area (Å²) in [7, 11) is 1.50. The lowest BCUT2D eigenvalue weighted by Crippen LogP contribution is -1.73. The van der Waals surface area contributed by atoms with Gasteiger partial charge in [0.2, 0.25) is 0 Å². The van der Waals surface area contributed by atoms with Crippen molar-refractivity contribution < 1.29 is 8.81 Å². The average Bonchev–Trinajstić information content (AvgIpc) is 2.21. The molecule has 0 atom stereocenters. The zero-order valence-electron chi connectivity index (χ0n) is 7.33. The van der Waals surface area contributed by atoms with Gasteiger partial charge in [-0.2, -0.15) is 0 Å². The van der Waals surface area contributed by atoms with Crippen LogP contribution < -0.4 is 5.73 Å². The Balaban J connectivity index is 0.000000396. The van der Waals surface area contributed by atoms with Gasteiger partial charge < -0.3 is 5.73 Å². The van der Waals surface area contributed by atoms with Gasteiger partial charge in [0.1, 0.15) is 5.82 Å². The number of benzene rings is 1. The highest BCUT2D eigenvalue weighted by Gasteiger charge is 2.03. The van der Waals surface area contributed by atoms with Crippen LogP contribution >= 0.6 is 0 Å². The Labute approximate surface area is 75.8 Å². The van der Waals surface area contributed by atoms with Crippen LogP contribution in [0.2, 0.25) is 0 Å². The number of hydrogen-bond acceptors (Lipinski definition) is 1. The predicted molar refractivity (Wildman–Crippen MR) is 50.7 cm³/mol. The second-order valence-corrected chi connectivity index (χ2v) is 2.30. The predicted octanol–water partition coefficient (Wildman–Crippen LogP) is 2.43. The Morgan fingerprint density at radius 1 is 1.23 bits per heavy atom. The summed E-state index contributed by atoms with van der Waals surface area (Å²) >= 11 is 0. The highest BCUT2D eigenvalue weighted by atomic mass is 19.1. The van der Waals surface area contributed by atoms with Gasteiger partial charge in [-0.25, -0.2) is 8.81 Å². The lowest BCUT2D eigenvalue weighted by Gasteiger charge is -1.85. The maximum absolute atomic E-state index is 12.6. The second kappa shape index (κ2) is 4.52. The summed E-state index contributed by atoms with van der Waals surface area (Å²) in [5, 5.41) is 0.785. The van der Waals surface area contributed by atoms with E-state index < -0.39 is 0 Å². The molecule has 1 aromatic heterocycles. The van der Waals surface area contributed by atoms with E-state index in [9.17, 15) is 4.39 Å². The summed E-state index contributed by atoms with van der Waals surface area (Å²) in [5.74, 6) is -0.237. The molecule has 1 heterocycles. The number of halogens is 1. The van der Waals surface area contributed by atoms with E-state index in [4.69, 9.17) is 4.42 Å². The standard InChI is InChI=1S/C9H6FO.CH5N/c10-8-3-4-9-7(6-8)2-1-5-11-9;1-2/h1-6H;2H2,1H3/q+1;. The molecule has 2 N–H and O–H groups in total. The number of nitrogens with two attached hydrogens (primary N) is 1. The van der Waals surface area contributed by atoms with Crippen LogP contribution in [0.15, 0.2) is 41.0 Å². The Bertz CT molecular complexity index is 389. The molecule has 0 fully saturated rings. The van der Waals surface area contributed by atoms with Crippen molar-refractivity contribution >= 4 is 11.0 Å². The van der Waals surface area contributed by atoms with E-state index >= 15 is 0 Å². The molecule has 0 aliphatic heterocycles. The molecule has 0 spiro atoms. The van der Waals surface area contributed by atoms with E-state index in [1.165, 1.54) is 19.2 Å². The van der Waals surface area contributed by atoms with Crippen LogP contribution in [0.4, 0.5) is 4.39 Å². The largest absolute Gasteiger partial charge is 0.359 e. The van der Waals surface area contributed by atoms with E-state index in [1.54, 1.807) is 18.4 Å². The molecule has 2 nitrogen and oxygen atoms in total. The lowest BCUT2D eigenvalue weighted by molar-refractivity contribution is 0.597. The molecule has 0 bridgehead atoms. The molecule has 0 aliphatic carbocycles. The quantitative estimate of drug-likeness (QED) is 0.632. The Hall–Kier alpha value is -1.48. The maximum atomic E-state index is 12.6. The molecule has 0 saturated heterocycles. The van der Waals surface area contributed by atoms with Gasteiger partial charge in [0.15, 0.2) is 0 Å². The molecule has 0 amide bonds. The summed E-state index contributed by atoms with van der Waals surface area (Å²) in [6, 6.07) is 7.99. The van der Waals surface area contributed by atoms with Crippen molar-refractivity contribution in [3.63, 3.8) is 0 Å². The summed E-state index contributed by atoms with van der Waals surface area (Å²) in [6.45, 7) is 0. The Morgan fingerprint density at radius 3 is 2.77 bits per heavy atom. The zero-order chi connectivity index (χ0) is 9.68. The fraction of sp³-hybridized carbons (Fsp3) is 0.100. The van der Waals surface area contributed by atoms with E-state index in [2.05, 4.69) is 5.73 Å². The third-order valence-electron chi connectivity index (χ3n) is 1.52. The van der Waals surface area contributed by atoms with Gasteiger partial charge in [-0.1, -0.05) is 0 Å². The van der Waals surface area contributed by atoms with Crippen molar-refractivity contribution in [1.82, 2.24) is 0 Å². The molecule has 1 aromatic carbocycles. The molecule has 0 aliphatic rings. The van der Waals surface area contributed by atoms with Crippen molar-refractivity contribution in [2.24, 2.45) is 5.73 Å². The number of hydrogen-bond donors (Lipinski definition) is 1. The summed E-state index contributed by atoms with van der Waals surface area (Å²) in [4.78, 5) is 0. The first-order valence-electron chi connectivity index (χ1n) is 3.90. The fourth-order valence-corrected chi connectivity index (χ4v) is 1.01. The minimum absolute atomic E-state index is 0.237. The molecule has 13 heavy (non-hydrogen) atoms. The summed E-state index contributed by atoms with van der Waals surface area (Å²) < 4.78 is 17.7. The van der Waals surface area contributed by atoms with Gasteiger partial charge in [0.05, 0.1) is 5.39 Å². The third kappa shape index (κ3) is 2.23. The van der Waals surface area contributed by atoms with E-state index in [0.29, 0.717) is 5.58 Å². The maximum Gasteiger partial charge on any atom is 0.359 e. The molecule has 3 heteroatoms. The molecule has 68 valence electrons. The van der Waals surface area contributed by atoms with Gasteiger partial charge in [-0.15, -0.1) is 0 Å². The fourth-order valence-electron chi connectivity index (χ4n) is 1.01. The minimum atomic E-state index is -0.237. The lowest BCUT2D eigenvalue weighted by atomic mass is 10.2. The van der Waals surface area contributed by atoms with Crippen LogP contribution in [-0.2, 0) is 0 Å². The van der Waals surface area contributed by atoms with E-state index in [0.717, 1.165) is 5.39 Å². The van der Waals surface area contributed by atoms with Crippen LogP contribution in [-0.4, -0.2) is 7.05 Å². The first-order chi connectivity index (χ1) is 6.36. The highest BCUT2D eigenvalue weighted by Crippen LogP contribution is 2.13. The third-order valence-corrected chi connectivity index (χ3v) is 1.52. The van der Waals surface area contributed by atoms with Crippen molar-refractivity contribution in [1.29, 1.82) is 0 Å². The number of fused-ring (bicyclic) bond motifs is 1. The first kappa shape index (κ1) is 9.61. The van der Waals surface area contributed by atoms with Crippen LogP contribution in [0.1, 0.15) is 0 Å². The molecular formula is C10H11FNO+. The Kier molecular flexibility index (Phi) is 3.34. The van der Waals surface area contributed by atoms with Crippen LogP contribution in [0.25, 0.3) is 11.0 Å². The highest BCUT2D eigenvalue weighted by molar-refractivity contribution is 5.75. The van der Waals surface area contributed by atoms with Crippen molar-refractivity contribution in [2.45, 2.75) is 0 Å². The molecular weight excluding hydrogens is 169 g/mol. The topological polar surface area (TPSA) is 37.3 Å². The van der Waals surface area contributed by atoms with Gasteiger partial charge in [-0.05, 0) is 25.2 Å². The van der Waals surface area contributed by atoms with Crippen LogP contribution in [0.5, 0.6) is 0 Å².